The molecule has 5 nitrogen and oxygen atoms in total. The summed E-state index contributed by atoms with van der Waals surface area (Å²) in [4.78, 5) is 9.29. The van der Waals surface area contributed by atoms with Crippen LogP contribution in [0.4, 0.5) is 11.6 Å². The fraction of sp³-hybridized carbons (Fsp3) is 0.545. The van der Waals surface area contributed by atoms with Gasteiger partial charge in [0.25, 0.3) is 0 Å². The first kappa shape index (κ1) is 19.5. The highest BCUT2D eigenvalue weighted by Gasteiger charge is 2.16. The van der Waals surface area contributed by atoms with E-state index in [1.165, 1.54) is 32.1 Å². The standard InChI is InChI=1S/C22H30ClN5/c23-19-15-26-22(27-17-9-11-24-12-10-17)13-18(19)20-7-4-8-21(28-20)25-14-16-5-2-1-3-6-16/h4,7-8,13,15-17,24H,1-3,5-6,9-12,14H2,(H,25,28)(H,26,27). The quantitative estimate of drug-likeness (QED) is 0.641. The second-order valence-electron chi connectivity index (χ2n) is 8.01. The lowest BCUT2D eigenvalue weighted by Crippen LogP contribution is -2.35. The van der Waals surface area contributed by atoms with Gasteiger partial charge in [-0.15, -0.1) is 0 Å². The van der Waals surface area contributed by atoms with Crippen LogP contribution in [0.5, 0.6) is 0 Å². The molecule has 4 rings (SSSR count). The maximum Gasteiger partial charge on any atom is 0.126 e. The van der Waals surface area contributed by atoms with Crippen molar-refractivity contribution >= 4 is 23.2 Å². The molecule has 150 valence electrons. The monoisotopic (exact) mass is 399 g/mol. The van der Waals surface area contributed by atoms with Crippen LogP contribution in [0.15, 0.2) is 30.5 Å². The van der Waals surface area contributed by atoms with Crippen molar-refractivity contribution in [2.75, 3.05) is 30.3 Å². The lowest BCUT2D eigenvalue weighted by molar-refractivity contribution is 0.373. The molecule has 0 atom stereocenters. The molecule has 0 spiro atoms. The van der Waals surface area contributed by atoms with Crippen molar-refractivity contribution in [2.45, 2.75) is 51.0 Å². The van der Waals surface area contributed by atoms with Gasteiger partial charge in [0.1, 0.15) is 11.6 Å². The second-order valence-corrected chi connectivity index (χ2v) is 8.42. The van der Waals surface area contributed by atoms with E-state index in [-0.39, 0.29) is 0 Å². The molecular formula is C22H30ClN5. The van der Waals surface area contributed by atoms with Crippen molar-refractivity contribution in [1.82, 2.24) is 15.3 Å². The number of hydrogen-bond donors (Lipinski definition) is 3. The average Bonchev–Trinajstić information content (AvgIpc) is 2.75. The third-order valence-electron chi connectivity index (χ3n) is 5.87. The van der Waals surface area contributed by atoms with E-state index in [4.69, 9.17) is 16.6 Å². The fourth-order valence-electron chi connectivity index (χ4n) is 4.21. The molecule has 0 unspecified atom stereocenters. The van der Waals surface area contributed by atoms with E-state index < -0.39 is 0 Å². The number of pyridine rings is 2. The third-order valence-corrected chi connectivity index (χ3v) is 6.17. The Morgan fingerprint density at radius 3 is 2.68 bits per heavy atom. The van der Waals surface area contributed by atoms with Gasteiger partial charge in [0.15, 0.2) is 0 Å². The lowest BCUT2D eigenvalue weighted by atomic mass is 9.89. The van der Waals surface area contributed by atoms with Crippen molar-refractivity contribution in [3.63, 3.8) is 0 Å². The van der Waals surface area contributed by atoms with E-state index in [0.717, 1.165) is 61.3 Å². The van der Waals surface area contributed by atoms with Gasteiger partial charge in [0.05, 0.1) is 10.7 Å². The Bertz CT molecular complexity index is 769. The van der Waals surface area contributed by atoms with Crippen LogP contribution in [0.3, 0.4) is 0 Å². The van der Waals surface area contributed by atoms with E-state index in [2.05, 4.69) is 20.9 Å². The van der Waals surface area contributed by atoms with Gasteiger partial charge in [0.2, 0.25) is 0 Å². The largest absolute Gasteiger partial charge is 0.370 e. The molecule has 2 aromatic heterocycles. The summed E-state index contributed by atoms with van der Waals surface area (Å²) >= 11 is 6.46. The molecule has 3 N–H and O–H groups in total. The van der Waals surface area contributed by atoms with Gasteiger partial charge in [-0.1, -0.05) is 36.9 Å². The first-order chi connectivity index (χ1) is 13.8. The molecule has 1 saturated heterocycles. The minimum absolute atomic E-state index is 0.458. The Hall–Kier alpha value is -1.85. The van der Waals surface area contributed by atoms with E-state index in [9.17, 15) is 0 Å². The second kappa shape index (κ2) is 9.57. The van der Waals surface area contributed by atoms with E-state index in [1.54, 1.807) is 6.20 Å². The molecule has 0 bridgehead atoms. The van der Waals surface area contributed by atoms with E-state index >= 15 is 0 Å². The van der Waals surface area contributed by atoms with Crippen LogP contribution in [0.1, 0.15) is 44.9 Å². The third kappa shape index (κ3) is 5.15. The normalized spacial score (nSPS) is 18.8. The molecule has 1 aliphatic heterocycles. The molecule has 2 aliphatic rings. The SMILES string of the molecule is Clc1cnc(NC2CCNCC2)cc1-c1cccc(NCC2CCCCC2)n1. The van der Waals surface area contributed by atoms with Crippen LogP contribution in [-0.2, 0) is 0 Å². The van der Waals surface area contributed by atoms with Crippen molar-refractivity contribution in [2.24, 2.45) is 5.92 Å². The van der Waals surface area contributed by atoms with Crippen LogP contribution in [0.25, 0.3) is 11.3 Å². The van der Waals surface area contributed by atoms with Crippen LogP contribution < -0.4 is 16.0 Å². The summed E-state index contributed by atoms with van der Waals surface area (Å²) in [5, 5.41) is 11.1. The summed E-state index contributed by atoms with van der Waals surface area (Å²) in [5.41, 5.74) is 1.81. The summed E-state index contributed by atoms with van der Waals surface area (Å²) in [6, 6.07) is 8.58. The van der Waals surface area contributed by atoms with Gasteiger partial charge < -0.3 is 16.0 Å². The maximum atomic E-state index is 6.46. The Balaban J connectivity index is 1.45. The molecule has 0 aromatic carbocycles. The number of hydrogen-bond acceptors (Lipinski definition) is 5. The highest BCUT2D eigenvalue weighted by molar-refractivity contribution is 6.33. The molecule has 2 fully saturated rings. The number of nitrogens with one attached hydrogen (secondary N) is 3. The Labute approximate surface area is 172 Å². The molecule has 28 heavy (non-hydrogen) atoms. The van der Waals surface area contributed by atoms with Crippen molar-refractivity contribution in [1.29, 1.82) is 0 Å². The zero-order valence-electron chi connectivity index (χ0n) is 16.4. The first-order valence-corrected chi connectivity index (χ1v) is 11.0. The smallest absolute Gasteiger partial charge is 0.126 e. The molecule has 1 aliphatic carbocycles. The predicted octanol–water partition coefficient (Wildman–Crippen LogP) is 4.95. The van der Waals surface area contributed by atoms with Gasteiger partial charge >= 0.3 is 0 Å². The first-order valence-electron chi connectivity index (χ1n) is 10.6. The zero-order valence-corrected chi connectivity index (χ0v) is 17.1. The number of rotatable bonds is 6. The van der Waals surface area contributed by atoms with Gasteiger partial charge in [-0.25, -0.2) is 9.97 Å². The Kier molecular flexibility index (Phi) is 6.65. The highest BCUT2D eigenvalue weighted by atomic mass is 35.5. The number of anilines is 2. The number of halogens is 1. The zero-order chi connectivity index (χ0) is 19.2. The molecule has 1 saturated carbocycles. The molecule has 0 amide bonds. The number of piperidine rings is 1. The summed E-state index contributed by atoms with van der Waals surface area (Å²) in [6.45, 7) is 3.10. The van der Waals surface area contributed by atoms with Crippen LogP contribution >= 0.6 is 11.6 Å². The minimum Gasteiger partial charge on any atom is -0.370 e. The molecule has 2 aromatic rings. The Morgan fingerprint density at radius 1 is 1.04 bits per heavy atom. The topological polar surface area (TPSA) is 61.9 Å². The van der Waals surface area contributed by atoms with Gasteiger partial charge in [-0.05, 0) is 62.9 Å². The lowest BCUT2D eigenvalue weighted by Gasteiger charge is -2.24. The molecular weight excluding hydrogens is 370 g/mol. The Morgan fingerprint density at radius 2 is 1.86 bits per heavy atom. The molecule has 0 radical (unpaired) electrons. The van der Waals surface area contributed by atoms with Crippen LogP contribution in [0, 0.1) is 5.92 Å². The van der Waals surface area contributed by atoms with Crippen LogP contribution in [0.2, 0.25) is 5.02 Å². The van der Waals surface area contributed by atoms with Gasteiger partial charge in [-0.3, -0.25) is 0 Å². The summed E-state index contributed by atoms with van der Waals surface area (Å²) < 4.78 is 0. The number of aromatic nitrogens is 2. The predicted molar refractivity (Wildman–Crippen MR) is 117 cm³/mol. The number of nitrogens with zero attached hydrogens (tertiary/aromatic N) is 2. The maximum absolute atomic E-state index is 6.46. The van der Waals surface area contributed by atoms with Crippen molar-refractivity contribution in [3.8, 4) is 11.3 Å². The summed E-state index contributed by atoms with van der Waals surface area (Å²) in [7, 11) is 0. The fourth-order valence-corrected chi connectivity index (χ4v) is 4.41. The summed E-state index contributed by atoms with van der Waals surface area (Å²) in [5.74, 6) is 2.56. The van der Waals surface area contributed by atoms with Crippen LogP contribution in [-0.4, -0.2) is 35.6 Å². The average molecular weight is 400 g/mol. The van der Waals surface area contributed by atoms with E-state index in [1.807, 2.05) is 24.3 Å². The van der Waals surface area contributed by atoms with Crippen molar-refractivity contribution in [3.05, 3.63) is 35.5 Å². The summed E-state index contributed by atoms with van der Waals surface area (Å²) in [6.07, 6.45) is 10.7. The van der Waals surface area contributed by atoms with E-state index in [0.29, 0.717) is 11.1 Å². The highest BCUT2D eigenvalue weighted by Crippen LogP contribution is 2.30. The van der Waals surface area contributed by atoms with Gasteiger partial charge in [-0.2, -0.15) is 0 Å². The molecule has 6 heteroatoms. The molecule has 3 heterocycles. The van der Waals surface area contributed by atoms with Crippen molar-refractivity contribution < 1.29 is 0 Å². The van der Waals surface area contributed by atoms with Gasteiger partial charge in [0, 0.05) is 24.3 Å². The minimum atomic E-state index is 0.458.